The lowest BCUT2D eigenvalue weighted by molar-refractivity contribution is -0.119. The molecule has 2 aliphatic heterocycles. The van der Waals surface area contributed by atoms with Crippen LogP contribution >= 0.6 is 0 Å². The predicted octanol–water partition coefficient (Wildman–Crippen LogP) is 3.22. The van der Waals surface area contributed by atoms with Crippen molar-refractivity contribution >= 4 is 21.6 Å². The second-order valence-corrected chi connectivity index (χ2v) is 9.32. The summed E-state index contributed by atoms with van der Waals surface area (Å²) in [5.41, 5.74) is 3.80. The van der Waals surface area contributed by atoms with Crippen molar-refractivity contribution in [2.75, 3.05) is 17.6 Å². The Morgan fingerprint density at radius 2 is 1.81 bits per heavy atom. The van der Waals surface area contributed by atoms with Crippen LogP contribution in [0.15, 0.2) is 65.6 Å². The SMILES string of the molecule is Cc1ccc2c(c1)-c1ccccc1S(=O)(=O)N2CC(=O)NCc1ccc2c(c1)OCO2. The summed E-state index contributed by atoms with van der Waals surface area (Å²) in [6.07, 6.45) is 0. The van der Waals surface area contributed by atoms with Crippen molar-refractivity contribution < 1.29 is 22.7 Å². The van der Waals surface area contributed by atoms with E-state index in [0.717, 1.165) is 16.7 Å². The molecule has 0 spiro atoms. The van der Waals surface area contributed by atoms with Crippen molar-refractivity contribution in [1.82, 2.24) is 5.32 Å². The molecule has 0 aliphatic carbocycles. The van der Waals surface area contributed by atoms with Crippen LogP contribution in [-0.2, 0) is 21.4 Å². The lowest BCUT2D eigenvalue weighted by atomic mass is 10.0. The highest BCUT2D eigenvalue weighted by atomic mass is 32.2. The topological polar surface area (TPSA) is 84.9 Å². The van der Waals surface area contributed by atoms with Crippen LogP contribution in [0.5, 0.6) is 11.5 Å². The van der Waals surface area contributed by atoms with Crippen LogP contribution in [0.2, 0.25) is 0 Å². The van der Waals surface area contributed by atoms with Gasteiger partial charge < -0.3 is 14.8 Å². The number of sulfonamides is 1. The van der Waals surface area contributed by atoms with Crippen LogP contribution in [-0.4, -0.2) is 27.7 Å². The second-order valence-electron chi connectivity index (χ2n) is 7.49. The summed E-state index contributed by atoms with van der Waals surface area (Å²) < 4.78 is 38.4. The molecule has 1 N–H and O–H groups in total. The first-order valence-electron chi connectivity index (χ1n) is 9.81. The van der Waals surface area contributed by atoms with Crippen LogP contribution in [0.1, 0.15) is 11.1 Å². The maximum absolute atomic E-state index is 13.3. The van der Waals surface area contributed by atoms with E-state index in [1.165, 1.54) is 4.31 Å². The Balaban J connectivity index is 1.40. The van der Waals surface area contributed by atoms with Gasteiger partial charge in [0.05, 0.1) is 10.6 Å². The Morgan fingerprint density at radius 3 is 2.68 bits per heavy atom. The number of fused-ring (bicyclic) bond motifs is 4. The van der Waals surface area contributed by atoms with E-state index < -0.39 is 15.9 Å². The molecule has 0 atom stereocenters. The molecule has 31 heavy (non-hydrogen) atoms. The minimum Gasteiger partial charge on any atom is -0.454 e. The van der Waals surface area contributed by atoms with E-state index in [2.05, 4.69) is 5.32 Å². The van der Waals surface area contributed by atoms with Gasteiger partial charge in [0.1, 0.15) is 6.54 Å². The number of amides is 1. The normalized spacial score (nSPS) is 15.2. The van der Waals surface area contributed by atoms with E-state index in [-0.39, 0.29) is 24.8 Å². The minimum absolute atomic E-state index is 0.179. The fourth-order valence-electron chi connectivity index (χ4n) is 3.85. The van der Waals surface area contributed by atoms with Crippen LogP contribution < -0.4 is 19.1 Å². The van der Waals surface area contributed by atoms with Crippen LogP contribution in [0.3, 0.4) is 0 Å². The van der Waals surface area contributed by atoms with Gasteiger partial charge >= 0.3 is 0 Å². The van der Waals surface area contributed by atoms with Crippen molar-refractivity contribution in [2.45, 2.75) is 18.4 Å². The molecule has 3 aromatic rings. The van der Waals surface area contributed by atoms with Crippen LogP contribution in [0.25, 0.3) is 11.1 Å². The number of nitrogens with one attached hydrogen (secondary N) is 1. The number of benzene rings is 3. The predicted molar refractivity (Wildman–Crippen MR) is 116 cm³/mol. The molecular weight excluding hydrogens is 416 g/mol. The molecule has 0 radical (unpaired) electrons. The zero-order valence-corrected chi connectivity index (χ0v) is 17.6. The molecule has 0 bridgehead atoms. The Kier molecular flexibility index (Phi) is 4.59. The number of carbonyl (C=O) groups is 1. The second kappa shape index (κ2) is 7.31. The summed E-state index contributed by atoms with van der Waals surface area (Å²) in [5, 5.41) is 2.80. The summed E-state index contributed by atoms with van der Waals surface area (Å²) in [6, 6.07) is 17.8. The first-order valence-corrected chi connectivity index (χ1v) is 11.3. The molecule has 3 aromatic carbocycles. The average Bonchev–Trinajstić information content (AvgIpc) is 3.23. The lowest BCUT2D eigenvalue weighted by Crippen LogP contribution is -2.42. The Hall–Kier alpha value is -3.52. The van der Waals surface area contributed by atoms with E-state index in [4.69, 9.17) is 9.47 Å². The molecule has 8 heteroatoms. The standard InChI is InChI=1S/C23H20N2O5S/c1-15-6-8-19-18(10-15)17-4-2-3-5-22(17)31(27,28)25(19)13-23(26)24-12-16-7-9-20-21(11-16)30-14-29-20/h2-11H,12-14H2,1H3,(H,24,26). The molecule has 7 nitrogen and oxygen atoms in total. The third-order valence-electron chi connectivity index (χ3n) is 5.38. The summed E-state index contributed by atoms with van der Waals surface area (Å²) in [5.74, 6) is 0.901. The molecule has 0 saturated carbocycles. The fourth-order valence-corrected chi connectivity index (χ4v) is 5.50. The van der Waals surface area contributed by atoms with Gasteiger partial charge in [-0.1, -0.05) is 35.9 Å². The lowest BCUT2D eigenvalue weighted by Gasteiger charge is -2.31. The van der Waals surface area contributed by atoms with Gasteiger partial charge in [0.2, 0.25) is 12.7 Å². The van der Waals surface area contributed by atoms with E-state index in [1.54, 1.807) is 36.4 Å². The smallest absolute Gasteiger partial charge is 0.265 e. The van der Waals surface area contributed by atoms with E-state index in [0.29, 0.717) is 22.7 Å². The molecule has 0 unspecified atom stereocenters. The number of nitrogens with zero attached hydrogens (tertiary/aromatic N) is 1. The molecule has 2 aliphatic rings. The molecule has 1 amide bonds. The van der Waals surface area contributed by atoms with Gasteiger partial charge in [0, 0.05) is 17.7 Å². The maximum Gasteiger partial charge on any atom is 0.265 e. The van der Waals surface area contributed by atoms with Crippen LogP contribution in [0.4, 0.5) is 5.69 Å². The van der Waals surface area contributed by atoms with Gasteiger partial charge in [-0.3, -0.25) is 9.10 Å². The van der Waals surface area contributed by atoms with Gasteiger partial charge in [-0.2, -0.15) is 0 Å². The van der Waals surface area contributed by atoms with E-state index in [9.17, 15) is 13.2 Å². The number of hydrogen-bond acceptors (Lipinski definition) is 5. The van der Waals surface area contributed by atoms with Gasteiger partial charge in [-0.25, -0.2) is 8.42 Å². The number of anilines is 1. The summed E-state index contributed by atoms with van der Waals surface area (Å²) in [6.45, 7) is 2.07. The number of hydrogen-bond donors (Lipinski definition) is 1. The average molecular weight is 436 g/mol. The van der Waals surface area contributed by atoms with Crippen LogP contribution in [0, 0.1) is 6.92 Å². The monoisotopic (exact) mass is 436 g/mol. The zero-order valence-electron chi connectivity index (χ0n) is 16.8. The third-order valence-corrected chi connectivity index (χ3v) is 7.20. The number of aryl methyl sites for hydroxylation is 1. The number of rotatable bonds is 4. The summed E-state index contributed by atoms with van der Waals surface area (Å²) in [7, 11) is -3.86. The van der Waals surface area contributed by atoms with Gasteiger partial charge in [0.15, 0.2) is 11.5 Å². The Bertz CT molecular complexity index is 1300. The fraction of sp³-hybridized carbons (Fsp3) is 0.174. The number of ether oxygens (including phenoxy) is 2. The van der Waals surface area contributed by atoms with Gasteiger partial charge in [-0.05, 0) is 42.8 Å². The quantitative estimate of drug-likeness (QED) is 0.679. The van der Waals surface area contributed by atoms with Crippen molar-refractivity contribution in [1.29, 1.82) is 0 Å². The van der Waals surface area contributed by atoms with Crippen molar-refractivity contribution in [2.24, 2.45) is 0 Å². The molecule has 158 valence electrons. The van der Waals surface area contributed by atoms with Crippen molar-refractivity contribution in [3.8, 4) is 22.6 Å². The highest BCUT2D eigenvalue weighted by molar-refractivity contribution is 7.93. The number of carbonyl (C=O) groups excluding carboxylic acids is 1. The highest BCUT2D eigenvalue weighted by Gasteiger charge is 2.35. The van der Waals surface area contributed by atoms with Crippen molar-refractivity contribution in [3.63, 3.8) is 0 Å². The summed E-state index contributed by atoms with van der Waals surface area (Å²) >= 11 is 0. The largest absolute Gasteiger partial charge is 0.454 e. The first-order chi connectivity index (χ1) is 14.9. The Labute approximate surface area is 180 Å². The first kappa shape index (κ1) is 19.4. The molecule has 5 rings (SSSR count). The Morgan fingerprint density at radius 1 is 1.00 bits per heavy atom. The summed E-state index contributed by atoms with van der Waals surface area (Å²) in [4.78, 5) is 12.9. The third kappa shape index (κ3) is 3.38. The minimum atomic E-state index is -3.86. The van der Waals surface area contributed by atoms with E-state index in [1.807, 2.05) is 31.2 Å². The van der Waals surface area contributed by atoms with E-state index >= 15 is 0 Å². The van der Waals surface area contributed by atoms with Gasteiger partial charge in [-0.15, -0.1) is 0 Å². The molecule has 0 saturated heterocycles. The maximum atomic E-state index is 13.3. The zero-order chi connectivity index (χ0) is 21.6. The molecule has 0 fully saturated rings. The molecule has 0 aromatic heterocycles. The molecular formula is C23H20N2O5S. The highest BCUT2D eigenvalue weighted by Crippen LogP contribution is 2.43. The van der Waals surface area contributed by atoms with Gasteiger partial charge in [0.25, 0.3) is 10.0 Å². The molecule has 2 heterocycles. The van der Waals surface area contributed by atoms with Crippen molar-refractivity contribution in [3.05, 3.63) is 71.8 Å².